The molecule has 0 bridgehead atoms. The molecule has 3 aliphatic rings. The molecular weight excluding hydrogens is 382 g/mol. The summed E-state index contributed by atoms with van der Waals surface area (Å²) in [5.41, 5.74) is -2.30. The molecule has 0 radical (unpaired) electrons. The van der Waals surface area contributed by atoms with Gasteiger partial charge in [-0.1, -0.05) is 0 Å². The van der Waals surface area contributed by atoms with Crippen molar-refractivity contribution in [1.29, 1.82) is 0 Å². The van der Waals surface area contributed by atoms with E-state index in [0.29, 0.717) is 6.42 Å². The first-order chi connectivity index (χ1) is 13.4. The normalized spacial score (nSPS) is 47.4. The van der Waals surface area contributed by atoms with Crippen LogP contribution in [0.25, 0.3) is 9.69 Å². The summed E-state index contributed by atoms with van der Waals surface area (Å²) in [6, 6.07) is -0.487. The second-order valence-electron chi connectivity index (χ2n) is 10.6. The van der Waals surface area contributed by atoms with Gasteiger partial charge in [-0.15, -0.1) is 0 Å². The van der Waals surface area contributed by atoms with Gasteiger partial charge in [-0.05, 0) is 83.3 Å². The van der Waals surface area contributed by atoms with Crippen LogP contribution in [0.15, 0.2) is 4.99 Å². The van der Waals surface area contributed by atoms with E-state index in [9.17, 15) is 5.11 Å². The molecule has 2 aliphatic carbocycles. The molecule has 1 N–H and O–H groups in total. The molecule has 158 valence electrons. The van der Waals surface area contributed by atoms with Crippen LogP contribution in [0.4, 0.5) is 0 Å². The van der Waals surface area contributed by atoms with Crippen molar-refractivity contribution in [2.75, 3.05) is 0 Å². The van der Waals surface area contributed by atoms with Crippen molar-refractivity contribution in [3.8, 4) is 0 Å². The minimum Gasteiger partial charge on any atom is -0.382 e. The van der Waals surface area contributed by atoms with E-state index in [1.54, 1.807) is 6.92 Å². The number of hydrogen-bond acceptors (Lipinski definition) is 4. The Morgan fingerprint density at radius 1 is 1.10 bits per heavy atom. The van der Waals surface area contributed by atoms with Crippen LogP contribution in [-0.4, -0.2) is 44.7 Å². The Morgan fingerprint density at radius 3 is 2.34 bits per heavy atom. The Balaban J connectivity index is 2.00. The van der Waals surface area contributed by atoms with E-state index in [0.717, 1.165) is 32.1 Å². The van der Waals surface area contributed by atoms with Crippen LogP contribution >= 0.6 is 12.2 Å². The zero-order valence-corrected chi connectivity index (χ0v) is 19.1. The molecule has 29 heavy (non-hydrogen) atoms. The maximum absolute atomic E-state index is 11.1. The summed E-state index contributed by atoms with van der Waals surface area (Å²) >= 11 is 4.95. The standard InChI is InChI=1S/C23H33N3O2S/c1-20(2,25-7)17-10-13-23(5,28-17)16-8-11-21(3,26-14-29)15-9-12-22(4,27)19(24-6)18(15)16/h15-19,27H,8-13H2,1-5H3/t15-,16?,17?,18?,19+,21-,22+,23+/m0/s1. The van der Waals surface area contributed by atoms with Crippen LogP contribution in [0.2, 0.25) is 0 Å². The van der Waals surface area contributed by atoms with Crippen molar-refractivity contribution in [3.05, 3.63) is 22.8 Å². The second-order valence-corrected chi connectivity index (χ2v) is 10.8. The largest absolute Gasteiger partial charge is 0.382 e. The number of isothiocyanates is 1. The van der Waals surface area contributed by atoms with Crippen molar-refractivity contribution in [2.45, 2.75) is 108 Å². The molecule has 3 unspecified atom stereocenters. The van der Waals surface area contributed by atoms with E-state index in [4.69, 9.17) is 30.1 Å². The number of ether oxygens (including phenoxy) is 1. The van der Waals surface area contributed by atoms with Gasteiger partial charge in [0, 0.05) is 19.8 Å². The van der Waals surface area contributed by atoms with Crippen LogP contribution in [0.1, 0.15) is 73.1 Å². The summed E-state index contributed by atoms with van der Waals surface area (Å²) in [6.07, 6.45) is 4.81. The van der Waals surface area contributed by atoms with Gasteiger partial charge in [0.25, 0.3) is 11.6 Å². The summed E-state index contributed by atoms with van der Waals surface area (Å²) in [5, 5.41) is 13.7. The predicted octanol–water partition coefficient (Wildman–Crippen LogP) is 4.96. The van der Waals surface area contributed by atoms with E-state index in [2.05, 4.69) is 33.7 Å². The SMILES string of the molecule is [C-]#[N+][C@@H]1C2C([C@@]3(C)CCC(C(C)(C)[N+]#[C-])O3)CC[C@](C)(N=C=S)[C@H]2CC[C@@]1(C)O. The fourth-order valence-electron chi connectivity index (χ4n) is 6.36. The van der Waals surface area contributed by atoms with Crippen molar-refractivity contribution in [3.63, 3.8) is 0 Å². The maximum Gasteiger partial charge on any atom is 0.255 e. The van der Waals surface area contributed by atoms with Gasteiger partial charge < -0.3 is 19.5 Å². The van der Waals surface area contributed by atoms with Gasteiger partial charge in [0.2, 0.25) is 0 Å². The topological polar surface area (TPSA) is 50.5 Å². The lowest BCUT2D eigenvalue weighted by Gasteiger charge is -2.55. The van der Waals surface area contributed by atoms with E-state index in [-0.39, 0.29) is 29.4 Å². The second kappa shape index (κ2) is 7.44. The van der Waals surface area contributed by atoms with E-state index in [1.165, 1.54) is 0 Å². The molecule has 6 heteroatoms. The van der Waals surface area contributed by atoms with Crippen molar-refractivity contribution >= 4 is 17.4 Å². The lowest BCUT2D eigenvalue weighted by atomic mass is 9.51. The van der Waals surface area contributed by atoms with E-state index >= 15 is 0 Å². The zero-order valence-electron chi connectivity index (χ0n) is 18.2. The Kier molecular flexibility index (Phi) is 5.74. The molecule has 1 saturated heterocycles. The third-order valence-corrected chi connectivity index (χ3v) is 8.36. The minimum atomic E-state index is -1.01. The van der Waals surface area contributed by atoms with Gasteiger partial charge in [-0.2, -0.15) is 0 Å². The third kappa shape index (κ3) is 3.66. The highest BCUT2D eigenvalue weighted by Crippen LogP contribution is 2.58. The molecule has 1 aliphatic heterocycles. The molecule has 1 heterocycles. The number of aliphatic imine (C=N–C) groups is 1. The number of fused-ring (bicyclic) bond motifs is 1. The molecule has 5 nitrogen and oxygen atoms in total. The minimum absolute atomic E-state index is 0.0121. The summed E-state index contributed by atoms with van der Waals surface area (Å²) in [4.78, 5) is 12.3. The number of hydrogen-bond donors (Lipinski definition) is 1. The van der Waals surface area contributed by atoms with Gasteiger partial charge in [-0.25, -0.2) is 18.1 Å². The summed E-state index contributed by atoms with van der Waals surface area (Å²) in [7, 11) is 0. The quantitative estimate of drug-likeness (QED) is 0.403. The van der Waals surface area contributed by atoms with Crippen LogP contribution in [0.3, 0.4) is 0 Å². The fourth-order valence-corrected chi connectivity index (χ4v) is 6.57. The van der Waals surface area contributed by atoms with Gasteiger partial charge in [-0.3, -0.25) is 0 Å². The number of nitrogens with zero attached hydrogens (tertiary/aromatic N) is 3. The first-order valence-corrected chi connectivity index (χ1v) is 11.1. The lowest BCUT2D eigenvalue weighted by Crippen LogP contribution is -2.62. The zero-order chi connectivity index (χ0) is 21.7. The number of rotatable bonds is 3. The first kappa shape index (κ1) is 22.4. The Hall–Kier alpha value is -1.30. The predicted molar refractivity (Wildman–Crippen MR) is 117 cm³/mol. The monoisotopic (exact) mass is 415 g/mol. The Labute approximate surface area is 180 Å². The van der Waals surface area contributed by atoms with E-state index in [1.807, 2.05) is 13.8 Å². The average molecular weight is 416 g/mol. The molecular formula is C23H33N3O2S. The van der Waals surface area contributed by atoms with Gasteiger partial charge >= 0.3 is 0 Å². The van der Waals surface area contributed by atoms with Crippen molar-refractivity contribution < 1.29 is 9.84 Å². The number of thiocarbonyl (C=S) groups is 1. The molecule has 0 aromatic carbocycles. The summed E-state index contributed by atoms with van der Waals surface area (Å²) < 4.78 is 6.62. The molecule has 0 aromatic rings. The smallest absolute Gasteiger partial charge is 0.255 e. The third-order valence-electron chi connectivity index (χ3n) is 8.27. The molecule has 0 aromatic heterocycles. The summed E-state index contributed by atoms with van der Waals surface area (Å²) in [5.74, 6) is 0.310. The molecule has 3 fully saturated rings. The molecule has 0 spiro atoms. The van der Waals surface area contributed by atoms with Crippen LogP contribution in [0, 0.1) is 30.9 Å². The van der Waals surface area contributed by atoms with Gasteiger partial charge in [0.1, 0.15) is 11.7 Å². The van der Waals surface area contributed by atoms with Gasteiger partial charge in [0.15, 0.2) is 0 Å². The van der Waals surface area contributed by atoms with Crippen molar-refractivity contribution in [2.24, 2.45) is 22.7 Å². The molecule has 2 saturated carbocycles. The highest BCUT2D eigenvalue weighted by Gasteiger charge is 2.64. The first-order valence-electron chi connectivity index (χ1n) is 10.7. The maximum atomic E-state index is 11.1. The molecule has 8 atom stereocenters. The van der Waals surface area contributed by atoms with Crippen LogP contribution in [0.5, 0.6) is 0 Å². The Bertz CT molecular complexity index is 791. The highest BCUT2D eigenvalue weighted by atomic mass is 32.1. The van der Waals surface area contributed by atoms with E-state index < -0.39 is 22.8 Å². The fraction of sp³-hybridized carbons (Fsp3) is 0.870. The molecule has 0 amide bonds. The average Bonchev–Trinajstić information content (AvgIpc) is 3.05. The number of aliphatic hydroxyl groups is 1. The van der Waals surface area contributed by atoms with Crippen LogP contribution in [-0.2, 0) is 4.74 Å². The van der Waals surface area contributed by atoms with Crippen LogP contribution < -0.4 is 0 Å². The molecule has 3 rings (SSSR count). The van der Waals surface area contributed by atoms with Crippen molar-refractivity contribution in [1.82, 2.24) is 0 Å². The lowest BCUT2D eigenvalue weighted by molar-refractivity contribution is -0.150. The van der Waals surface area contributed by atoms with Gasteiger partial charge in [0.05, 0.1) is 16.3 Å². The Morgan fingerprint density at radius 2 is 1.76 bits per heavy atom. The summed E-state index contributed by atoms with van der Waals surface area (Å²) in [6.45, 7) is 25.4. The highest BCUT2D eigenvalue weighted by molar-refractivity contribution is 7.78.